The van der Waals surface area contributed by atoms with Crippen LogP contribution in [0, 0.1) is 13.8 Å². The first-order chi connectivity index (χ1) is 14.4. The van der Waals surface area contributed by atoms with Gasteiger partial charge in [-0.2, -0.15) is 0 Å². The Labute approximate surface area is 177 Å². The Kier molecular flexibility index (Phi) is 5.73. The van der Waals surface area contributed by atoms with Gasteiger partial charge in [0, 0.05) is 36.8 Å². The van der Waals surface area contributed by atoms with Crippen LogP contribution < -0.4 is 10.5 Å². The number of likely N-dealkylation sites (tertiary alicyclic amines) is 1. The third-order valence-electron chi connectivity index (χ3n) is 5.89. The number of hydrogen-bond donors (Lipinski definition) is 1. The van der Waals surface area contributed by atoms with Gasteiger partial charge in [0.2, 0.25) is 0 Å². The van der Waals surface area contributed by atoms with Gasteiger partial charge < -0.3 is 15.4 Å². The predicted molar refractivity (Wildman–Crippen MR) is 121 cm³/mol. The molecule has 0 spiro atoms. The van der Waals surface area contributed by atoms with Gasteiger partial charge in [0.05, 0.1) is 5.52 Å². The highest BCUT2D eigenvalue weighted by molar-refractivity contribution is 5.96. The van der Waals surface area contributed by atoms with E-state index in [0.29, 0.717) is 12.3 Å². The molecule has 1 amide bonds. The molecule has 1 saturated heterocycles. The van der Waals surface area contributed by atoms with Crippen molar-refractivity contribution in [3.63, 3.8) is 0 Å². The van der Waals surface area contributed by atoms with E-state index in [9.17, 15) is 4.79 Å². The molecule has 0 bridgehead atoms. The maximum absolute atomic E-state index is 12.8. The lowest BCUT2D eigenvalue weighted by molar-refractivity contribution is -0.139. The molecule has 2 N–H and O–H groups in total. The third-order valence-corrected chi connectivity index (χ3v) is 5.89. The molecule has 0 saturated carbocycles. The molecule has 1 aliphatic rings. The van der Waals surface area contributed by atoms with Crippen molar-refractivity contribution in [3.8, 4) is 16.9 Å². The highest BCUT2D eigenvalue weighted by atomic mass is 16.5. The molecular weight excluding hydrogens is 374 g/mol. The molecule has 0 radical (unpaired) electrons. The number of rotatable bonds is 4. The fourth-order valence-corrected chi connectivity index (χ4v) is 4.38. The van der Waals surface area contributed by atoms with Crippen LogP contribution in [0.25, 0.3) is 22.0 Å². The minimum Gasteiger partial charge on any atom is -0.481 e. The summed E-state index contributed by atoms with van der Waals surface area (Å²) in [5.74, 6) is 0.637. The largest absolute Gasteiger partial charge is 0.481 e. The number of aromatic nitrogens is 1. The van der Waals surface area contributed by atoms with E-state index in [4.69, 9.17) is 10.5 Å². The first kappa shape index (κ1) is 20.4. The Morgan fingerprint density at radius 2 is 1.97 bits per heavy atom. The normalized spacial score (nSPS) is 17.7. The second-order valence-electron chi connectivity index (χ2n) is 8.25. The zero-order valence-electron chi connectivity index (χ0n) is 17.9. The summed E-state index contributed by atoms with van der Waals surface area (Å²) in [5.41, 5.74) is 11.7. The van der Waals surface area contributed by atoms with Gasteiger partial charge in [-0.1, -0.05) is 18.2 Å². The van der Waals surface area contributed by atoms with Crippen LogP contribution >= 0.6 is 0 Å². The highest BCUT2D eigenvalue weighted by Crippen LogP contribution is 2.33. The summed E-state index contributed by atoms with van der Waals surface area (Å²) in [7, 11) is 0. The zero-order valence-corrected chi connectivity index (χ0v) is 17.9. The smallest absolute Gasteiger partial charge is 0.263 e. The van der Waals surface area contributed by atoms with Gasteiger partial charge in [-0.05, 0) is 74.1 Å². The fourth-order valence-electron chi connectivity index (χ4n) is 4.38. The van der Waals surface area contributed by atoms with E-state index in [1.165, 1.54) is 16.7 Å². The van der Waals surface area contributed by atoms with Crippen LogP contribution in [0.1, 0.15) is 30.9 Å². The average molecular weight is 404 g/mol. The van der Waals surface area contributed by atoms with Crippen LogP contribution in [0.15, 0.2) is 48.7 Å². The van der Waals surface area contributed by atoms with Gasteiger partial charge in [-0.15, -0.1) is 0 Å². The van der Waals surface area contributed by atoms with E-state index in [0.717, 1.165) is 35.9 Å². The molecule has 2 atom stereocenters. The van der Waals surface area contributed by atoms with Crippen LogP contribution in [0.3, 0.4) is 0 Å². The van der Waals surface area contributed by atoms with Crippen LogP contribution in [-0.4, -0.2) is 41.0 Å². The van der Waals surface area contributed by atoms with E-state index in [1.807, 2.05) is 29.3 Å². The minimum absolute atomic E-state index is 0.0116. The minimum atomic E-state index is -0.561. The molecule has 156 valence electrons. The van der Waals surface area contributed by atoms with Crippen molar-refractivity contribution >= 4 is 16.8 Å². The predicted octanol–water partition coefficient (Wildman–Crippen LogP) is 4.24. The molecule has 5 nitrogen and oxygen atoms in total. The zero-order chi connectivity index (χ0) is 21.3. The lowest BCUT2D eigenvalue weighted by Crippen LogP contribution is -2.49. The second kappa shape index (κ2) is 8.44. The third kappa shape index (κ3) is 4.03. The van der Waals surface area contributed by atoms with E-state index in [2.05, 4.69) is 43.1 Å². The lowest BCUT2D eigenvalue weighted by atomic mass is 9.93. The van der Waals surface area contributed by atoms with Crippen molar-refractivity contribution < 1.29 is 9.53 Å². The number of pyridine rings is 1. The fraction of sp³-hybridized carbons (Fsp3) is 0.360. The summed E-state index contributed by atoms with van der Waals surface area (Å²) in [6, 6.07) is 14.3. The van der Waals surface area contributed by atoms with Gasteiger partial charge in [0.15, 0.2) is 6.10 Å². The van der Waals surface area contributed by atoms with Gasteiger partial charge in [0.1, 0.15) is 5.75 Å². The number of benzene rings is 2. The van der Waals surface area contributed by atoms with Crippen molar-refractivity contribution in [1.29, 1.82) is 0 Å². The molecule has 1 aromatic heterocycles. The van der Waals surface area contributed by atoms with Crippen molar-refractivity contribution in [3.05, 3.63) is 59.8 Å². The van der Waals surface area contributed by atoms with Crippen LogP contribution in [0.5, 0.6) is 5.75 Å². The SMILES string of the molecule is Cc1cccc(C)c1-c1ccnc2cc(O[C@H](C)C(=O)N3CCC[C@H](N)C3)ccc12. The van der Waals surface area contributed by atoms with Gasteiger partial charge in [-0.25, -0.2) is 0 Å². The maximum atomic E-state index is 12.8. The Balaban J connectivity index is 1.59. The summed E-state index contributed by atoms with van der Waals surface area (Å²) in [5, 5.41) is 1.07. The molecule has 0 aliphatic carbocycles. The molecule has 3 aromatic rings. The number of nitrogens with two attached hydrogens (primary N) is 1. The average Bonchev–Trinajstić information content (AvgIpc) is 2.73. The van der Waals surface area contributed by atoms with Gasteiger partial charge in [-0.3, -0.25) is 9.78 Å². The number of carbonyl (C=O) groups excluding carboxylic acids is 1. The van der Waals surface area contributed by atoms with E-state index in [1.54, 1.807) is 6.92 Å². The van der Waals surface area contributed by atoms with Crippen LogP contribution in [-0.2, 0) is 4.79 Å². The highest BCUT2D eigenvalue weighted by Gasteiger charge is 2.26. The number of aryl methyl sites for hydroxylation is 2. The molecular formula is C25H29N3O2. The van der Waals surface area contributed by atoms with Crippen molar-refractivity contribution in [2.75, 3.05) is 13.1 Å². The Morgan fingerprint density at radius 3 is 2.70 bits per heavy atom. The number of carbonyl (C=O) groups is 1. The molecule has 0 unspecified atom stereocenters. The number of piperidine rings is 1. The molecule has 5 heteroatoms. The number of nitrogens with zero attached hydrogens (tertiary/aromatic N) is 2. The van der Waals surface area contributed by atoms with E-state index < -0.39 is 6.10 Å². The van der Waals surface area contributed by atoms with Crippen molar-refractivity contribution in [1.82, 2.24) is 9.88 Å². The Morgan fingerprint density at radius 1 is 1.20 bits per heavy atom. The summed E-state index contributed by atoms with van der Waals surface area (Å²) >= 11 is 0. The summed E-state index contributed by atoms with van der Waals surface area (Å²) < 4.78 is 5.99. The summed E-state index contributed by atoms with van der Waals surface area (Å²) in [6.45, 7) is 7.41. The molecule has 30 heavy (non-hydrogen) atoms. The molecule has 4 rings (SSSR count). The van der Waals surface area contributed by atoms with Gasteiger partial charge in [0.25, 0.3) is 5.91 Å². The Bertz CT molecular complexity index is 1060. The molecule has 2 aromatic carbocycles. The van der Waals surface area contributed by atoms with Gasteiger partial charge >= 0.3 is 0 Å². The quantitative estimate of drug-likeness (QED) is 0.708. The summed E-state index contributed by atoms with van der Waals surface area (Å²) in [6.07, 6.45) is 3.19. The number of ether oxygens (including phenoxy) is 1. The van der Waals surface area contributed by atoms with Crippen LogP contribution in [0.2, 0.25) is 0 Å². The molecule has 2 heterocycles. The first-order valence-electron chi connectivity index (χ1n) is 10.6. The monoisotopic (exact) mass is 403 g/mol. The number of fused-ring (bicyclic) bond motifs is 1. The van der Waals surface area contributed by atoms with Crippen molar-refractivity contribution in [2.24, 2.45) is 5.73 Å². The molecule has 1 aliphatic heterocycles. The van der Waals surface area contributed by atoms with E-state index >= 15 is 0 Å². The van der Waals surface area contributed by atoms with Crippen LogP contribution in [0.4, 0.5) is 0 Å². The van der Waals surface area contributed by atoms with E-state index in [-0.39, 0.29) is 11.9 Å². The molecule has 1 fully saturated rings. The first-order valence-corrected chi connectivity index (χ1v) is 10.6. The number of hydrogen-bond acceptors (Lipinski definition) is 4. The lowest BCUT2D eigenvalue weighted by Gasteiger charge is -2.32. The number of amides is 1. The standard InChI is InChI=1S/C25H29N3O2/c1-16-6-4-7-17(2)24(16)22-11-12-27-23-14-20(9-10-21(22)23)30-18(3)25(29)28-13-5-8-19(26)15-28/h4,6-7,9-12,14,18-19H,5,8,13,15,26H2,1-3H3/t18-,19+/m1/s1. The van der Waals surface area contributed by atoms with Crippen molar-refractivity contribution in [2.45, 2.75) is 45.8 Å². The second-order valence-corrected chi connectivity index (χ2v) is 8.25. The maximum Gasteiger partial charge on any atom is 0.263 e. The Hall–Kier alpha value is -2.92. The topological polar surface area (TPSA) is 68.5 Å². The summed E-state index contributed by atoms with van der Waals surface area (Å²) in [4.78, 5) is 19.1.